The van der Waals surface area contributed by atoms with Crippen molar-refractivity contribution in [3.63, 3.8) is 0 Å². The monoisotopic (exact) mass is 275 g/mol. The summed E-state index contributed by atoms with van der Waals surface area (Å²) in [6, 6.07) is 0.542. The zero-order chi connectivity index (χ0) is 14.1. The van der Waals surface area contributed by atoms with Crippen molar-refractivity contribution < 1.29 is 4.42 Å². The quantitative estimate of drug-likeness (QED) is 0.875. The van der Waals surface area contributed by atoms with E-state index < -0.39 is 0 Å². The van der Waals surface area contributed by atoms with Crippen molar-refractivity contribution in [2.45, 2.75) is 58.2 Å². The summed E-state index contributed by atoms with van der Waals surface area (Å²) in [6.45, 7) is 6.94. The van der Waals surface area contributed by atoms with E-state index in [2.05, 4.69) is 40.7 Å². The fraction of sp³-hybridized carbons (Fsp3) is 0.643. The van der Waals surface area contributed by atoms with Crippen LogP contribution in [0.4, 0.5) is 0 Å². The van der Waals surface area contributed by atoms with E-state index in [0.717, 1.165) is 5.89 Å². The second-order valence-corrected chi connectivity index (χ2v) is 5.72. The Kier molecular flexibility index (Phi) is 3.56. The van der Waals surface area contributed by atoms with Crippen molar-refractivity contribution in [2.75, 3.05) is 0 Å². The Morgan fingerprint density at radius 2 is 2.20 bits per heavy atom. The number of nitrogens with zero attached hydrogens (tertiary/aromatic N) is 4. The van der Waals surface area contributed by atoms with Gasteiger partial charge in [-0.1, -0.05) is 0 Å². The van der Waals surface area contributed by atoms with Crippen molar-refractivity contribution in [1.82, 2.24) is 25.3 Å². The van der Waals surface area contributed by atoms with Crippen LogP contribution < -0.4 is 5.32 Å². The summed E-state index contributed by atoms with van der Waals surface area (Å²) >= 11 is 0. The zero-order valence-electron chi connectivity index (χ0n) is 12.2. The molecular formula is C14H21N5O. The lowest BCUT2D eigenvalue weighted by Gasteiger charge is -2.21. The van der Waals surface area contributed by atoms with Crippen molar-refractivity contribution in [2.24, 2.45) is 0 Å². The lowest BCUT2D eigenvalue weighted by molar-refractivity contribution is 0.344. The second kappa shape index (κ2) is 5.36. The number of aromatic nitrogens is 4. The first-order valence-corrected chi connectivity index (χ1v) is 7.20. The molecule has 0 saturated heterocycles. The van der Waals surface area contributed by atoms with E-state index in [9.17, 15) is 0 Å². The average molecular weight is 275 g/mol. The molecule has 0 radical (unpaired) electrons. The third-order valence-electron chi connectivity index (χ3n) is 3.86. The molecule has 108 valence electrons. The lowest BCUT2D eigenvalue weighted by atomic mass is 10.2. The molecular weight excluding hydrogens is 254 g/mol. The first-order chi connectivity index (χ1) is 9.63. The van der Waals surface area contributed by atoms with E-state index in [4.69, 9.17) is 4.42 Å². The van der Waals surface area contributed by atoms with E-state index in [1.54, 1.807) is 0 Å². The van der Waals surface area contributed by atoms with Crippen LogP contribution in [0.1, 0.15) is 56.0 Å². The van der Waals surface area contributed by atoms with Crippen LogP contribution in [0.15, 0.2) is 16.8 Å². The average Bonchev–Trinajstić information content (AvgIpc) is 3.03. The van der Waals surface area contributed by atoms with Gasteiger partial charge in [-0.15, -0.1) is 10.2 Å². The van der Waals surface area contributed by atoms with Gasteiger partial charge in [0.2, 0.25) is 11.8 Å². The van der Waals surface area contributed by atoms with E-state index in [-0.39, 0.29) is 12.1 Å². The molecule has 2 atom stereocenters. The molecule has 0 aromatic carbocycles. The molecule has 2 aromatic rings. The first kappa shape index (κ1) is 13.3. The maximum atomic E-state index is 5.64. The highest BCUT2D eigenvalue weighted by molar-refractivity contribution is 5.01. The van der Waals surface area contributed by atoms with E-state index >= 15 is 0 Å². The number of hydrogen-bond acceptors (Lipinski definition) is 5. The van der Waals surface area contributed by atoms with Crippen LogP contribution in [0.2, 0.25) is 0 Å². The maximum absolute atomic E-state index is 5.64. The molecule has 20 heavy (non-hydrogen) atoms. The van der Waals surface area contributed by atoms with Crippen LogP contribution in [-0.2, 0) is 6.54 Å². The van der Waals surface area contributed by atoms with Gasteiger partial charge in [-0.25, -0.2) is 0 Å². The molecule has 1 fully saturated rings. The van der Waals surface area contributed by atoms with Gasteiger partial charge in [0.15, 0.2) is 0 Å². The van der Waals surface area contributed by atoms with Crippen LogP contribution in [0.3, 0.4) is 0 Å². The summed E-state index contributed by atoms with van der Waals surface area (Å²) in [6.07, 6.45) is 6.30. The van der Waals surface area contributed by atoms with Crippen molar-refractivity contribution in [1.29, 1.82) is 0 Å². The zero-order valence-corrected chi connectivity index (χ0v) is 12.2. The first-order valence-electron chi connectivity index (χ1n) is 7.20. The number of rotatable bonds is 6. The molecule has 6 heteroatoms. The third kappa shape index (κ3) is 2.90. The molecule has 2 aromatic heterocycles. The summed E-state index contributed by atoms with van der Waals surface area (Å²) < 4.78 is 7.62. The highest BCUT2D eigenvalue weighted by atomic mass is 16.4. The minimum Gasteiger partial charge on any atom is -0.424 e. The van der Waals surface area contributed by atoms with Gasteiger partial charge in [0.1, 0.15) is 0 Å². The molecule has 0 unspecified atom stereocenters. The van der Waals surface area contributed by atoms with E-state index in [0.29, 0.717) is 18.4 Å². The Labute approximate surface area is 118 Å². The minimum absolute atomic E-state index is 0.269. The van der Waals surface area contributed by atoms with Gasteiger partial charge < -0.3 is 9.73 Å². The predicted octanol–water partition coefficient (Wildman–Crippen LogP) is 2.19. The van der Waals surface area contributed by atoms with Crippen LogP contribution in [0.5, 0.6) is 0 Å². The van der Waals surface area contributed by atoms with Crippen LogP contribution in [0, 0.1) is 6.92 Å². The highest BCUT2D eigenvalue weighted by Gasteiger charge is 2.29. The second-order valence-electron chi connectivity index (χ2n) is 5.72. The molecule has 1 N–H and O–H groups in total. The topological polar surface area (TPSA) is 68.8 Å². The predicted molar refractivity (Wildman–Crippen MR) is 74.2 cm³/mol. The molecule has 1 aliphatic carbocycles. The molecule has 1 saturated carbocycles. The van der Waals surface area contributed by atoms with E-state index in [1.165, 1.54) is 18.4 Å². The molecule has 6 nitrogen and oxygen atoms in total. The van der Waals surface area contributed by atoms with Gasteiger partial charge in [0.05, 0.1) is 18.8 Å². The van der Waals surface area contributed by atoms with E-state index in [1.807, 2.05) is 17.8 Å². The molecule has 3 rings (SSSR count). The van der Waals surface area contributed by atoms with Gasteiger partial charge in [-0.3, -0.25) is 4.68 Å². The molecule has 0 amide bonds. The Balaban J connectivity index is 1.53. The van der Waals surface area contributed by atoms with Gasteiger partial charge in [0.25, 0.3) is 0 Å². The Morgan fingerprint density at radius 1 is 1.40 bits per heavy atom. The summed E-state index contributed by atoms with van der Waals surface area (Å²) in [5, 5.41) is 15.9. The molecule has 0 spiro atoms. The van der Waals surface area contributed by atoms with Gasteiger partial charge in [-0.05, 0) is 39.2 Å². The molecule has 2 heterocycles. The fourth-order valence-corrected chi connectivity index (χ4v) is 2.14. The highest BCUT2D eigenvalue weighted by Crippen LogP contribution is 2.38. The molecule has 0 bridgehead atoms. The normalized spacial score (nSPS) is 18.1. The summed E-state index contributed by atoms with van der Waals surface area (Å²) in [7, 11) is 0. The Bertz CT molecular complexity index is 572. The van der Waals surface area contributed by atoms with Crippen molar-refractivity contribution in [3.8, 4) is 0 Å². The molecule has 0 aliphatic heterocycles. The number of hydrogen-bond donors (Lipinski definition) is 1. The third-order valence-corrected chi connectivity index (χ3v) is 3.86. The standard InChI is InChI=1S/C14H21N5O/c1-9-6-16-19(8-9)11(3)10(2)15-7-13-17-18-14(20-13)12-4-5-12/h6,8,10-12,15H,4-5,7H2,1-3H3/t10-,11+/m0/s1. The Morgan fingerprint density at radius 3 is 2.85 bits per heavy atom. The Hall–Kier alpha value is -1.69. The van der Waals surface area contributed by atoms with Crippen molar-refractivity contribution in [3.05, 3.63) is 29.7 Å². The van der Waals surface area contributed by atoms with Gasteiger partial charge >= 0.3 is 0 Å². The van der Waals surface area contributed by atoms with Crippen LogP contribution in [-0.4, -0.2) is 26.0 Å². The van der Waals surface area contributed by atoms with Crippen LogP contribution >= 0.6 is 0 Å². The summed E-state index contributed by atoms with van der Waals surface area (Å²) in [5.41, 5.74) is 1.18. The number of aryl methyl sites for hydroxylation is 1. The minimum atomic E-state index is 0.269. The van der Waals surface area contributed by atoms with Gasteiger partial charge in [0, 0.05) is 18.2 Å². The summed E-state index contributed by atoms with van der Waals surface area (Å²) in [4.78, 5) is 0. The van der Waals surface area contributed by atoms with Gasteiger partial charge in [-0.2, -0.15) is 5.10 Å². The summed E-state index contributed by atoms with van der Waals surface area (Å²) in [5.74, 6) is 1.98. The SMILES string of the molecule is Cc1cnn([C@H](C)[C@H](C)NCc2nnc(C3CC3)o2)c1. The van der Waals surface area contributed by atoms with Crippen LogP contribution in [0.25, 0.3) is 0 Å². The van der Waals surface area contributed by atoms with Crippen molar-refractivity contribution >= 4 is 0 Å². The molecule has 1 aliphatic rings. The lowest BCUT2D eigenvalue weighted by Crippen LogP contribution is -2.33. The fourth-order valence-electron chi connectivity index (χ4n) is 2.14. The maximum Gasteiger partial charge on any atom is 0.230 e. The smallest absolute Gasteiger partial charge is 0.230 e. The number of nitrogens with one attached hydrogen (secondary N) is 1. The largest absolute Gasteiger partial charge is 0.424 e.